The molecule has 1 fully saturated rings. The van der Waals surface area contributed by atoms with Gasteiger partial charge in [0, 0.05) is 24.7 Å². The Kier molecular flexibility index (Phi) is 5.10. The van der Waals surface area contributed by atoms with Gasteiger partial charge in [0.1, 0.15) is 6.54 Å². The van der Waals surface area contributed by atoms with Crippen LogP contribution in [0, 0.1) is 0 Å². The van der Waals surface area contributed by atoms with E-state index in [1.54, 1.807) is 9.80 Å². The van der Waals surface area contributed by atoms with Crippen LogP contribution in [0.1, 0.15) is 19.7 Å². The summed E-state index contributed by atoms with van der Waals surface area (Å²) in [7, 11) is 0. The van der Waals surface area contributed by atoms with Crippen molar-refractivity contribution in [2.75, 3.05) is 26.3 Å². The van der Waals surface area contributed by atoms with Crippen molar-refractivity contribution in [3.63, 3.8) is 0 Å². The van der Waals surface area contributed by atoms with Crippen LogP contribution >= 0.6 is 0 Å². The number of morpholine rings is 1. The number of nitrogens with zero attached hydrogens (tertiary/aromatic N) is 4. The van der Waals surface area contributed by atoms with Crippen LogP contribution in [0.5, 0.6) is 0 Å². The monoisotopic (exact) mass is 330 g/mol. The lowest BCUT2D eigenvalue weighted by molar-refractivity contribution is 0.0385. The molecule has 2 aromatic rings. The SMILES string of the molecule is CC(C)N(Cc1nc(-c2ccccc2)no1)C(=O)N1CCOCC1. The zero-order valence-corrected chi connectivity index (χ0v) is 14.0. The maximum absolute atomic E-state index is 12.7. The number of carbonyl (C=O) groups excluding carboxylic acids is 1. The molecule has 7 nitrogen and oxygen atoms in total. The van der Waals surface area contributed by atoms with Gasteiger partial charge in [0.25, 0.3) is 0 Å². The summed E-state index contributed by atoms with van der Waals surface area (Å²) >= 11 is 0. The average molecular weight is 330 g/mol. The van der Waals surface area contributed by atoms with Gasteiger partial charge in [-0.15, -0.1) is 0 Å². The van der Waals surface area contributed by atoms with Crippen molar-refractivity contribution in [1.82, 2.24) is 19.9 Å². The molecule has 0 bridgehead atoms. The molecule has 3 rings (SSSR count). The standard InChI is InChI=1S/C17H22N4O3/c1-13(2)21(17(22)20-8-10-23-11-9-20)12-15-18-16(19-24-15)14-6-4-3-5-7-14/h3-7,13H,8-12H2,1-2H3. The molecule has 0 N–H and O–H groups in total. The molecule has 2 amide bonds. The van der Waals surface area contributed by atoms with Crippen molar-refractivity contribution in [3.05, 3.63) is 36.2 Å². The lowest BCUT2D eigenvalue weighted by Gasteiger charge is -2.34. The number of aromatic nitrogens is 2. The van der Waals surface area contributed by atoms with Crippen molar-refractivity contribution in [3.8, 4) is 11.4 Å². The number of carbonyl (C=O) groups is 1. The first-order chi connectivity index (χ1) is 11.6. The first-order valence-corrected chi connectivity index (χ1v) is 8.16. The molecule has 128 valence electrons. The van der Waals surface area contributed by atoms with Gasteiger partial charge >= 0.3 is 6.03 Å². The van der Waals surface area contributed by atoms with Crippen molar-refractivity contribution >= 4 is 6.03 Å². The summed E-state index contributed by atoms with van der Waals surface area (Å²) in [5.41, 5.74) is 0.892. The Bertz CT molecular complexity index is 665. The number of rotatable bonds is 4. The van der Waals surface area contributed by atoms with Crippen LogP contribution in [-0.4, -0.2) is 58.3 Å². The summed E-state index contributed by atoms with van der Waals surface area (Å²) in [4.78, 5) is 20.7. The van der Waals surface area contributed by atoms with Crippen LogP contribution in [0.3, 0.4) is 0 Å². The average Bonchev–Trinajstić information content (AvgIpc) is 3.09. The van der Waals surface area contributed by atoms with Gasteiger partial charge in [-0.05, 0) is 13.8 Å². The molecule has 0 unspecified atom stereocenters. The molecule has 0 atom stereocenters. The molecule has 0 radical (unpaired) electrons. The molecule has 0 aliphatic carbocycles. The Morgan fingerprint density at radius 3 is 2.62 bits per heavy atom. The first-order valence-electron chi connectivity index (χ1n) is 8.16. The van der Waals surface area contributed by atoms with Crippen molar-refractivity contribution < 1.29 is 14.1 Å². The fraction of sp³-hybridized carbons (Fsp3) is 0.471. The van der Waals surface area contributed by atoms with Crippen molar-refractivity contribution in [2.24, 2.45) is 0 Å². The van der Waals surface area contributed by atoms with Gasteiger partial charge < -0.3 is 19.1 Å². The van der Waals surface area contributed by atoms with Crippen molar-refractivity contribution in [1.29, 1.82) is 0 Å². The van der Waals surface area contributed by atoms with Gasteiger partial charge in [0.05, 0.1) is 13.2 Å². The highest BCUT2D eigenvalue weighted by Gasteiger charge is 2.26. The van der Waals surface area contributed by atoms with E-state index in [4.69, 9.17) is 9.26 Å². The van der Waals surface area contributed by atoms with Gasteiger partial charge in [-0.25, -0.2) is 4.79 Å². The predicted octanol–water partition coefficient (Wildman–Crippen LogP) is 2.40. The van der Waals surface area contributed by atoms with E-state index >= 15 is 0 Å². The molecule has 7 heteroatoms. The summed E-state index contributed by atoms with van der Waals surface area (Å²) in [6, 6.07) is 9.65. The number of hydrogen-bond acceptors (Lipinski definition) is 5. The summed E-state index contributed by atoms with van der Waals surface area (Å²) in [6.07, 6.45) is 0. The lowest BCUT2D eigenvalue weighted by Crippen LogP contribution is -2.50. The summed E-state index contributed by atoms with van der Waals surface area (Å²) in [5, 5.41) is 4.01. The minimum atomic E-state index is -0.0206. The zero-order valence-electron chi connectivity index (χ0n) is 14.0. The van der Waals surface area contributed by atoms with Crippen LogP contribution in [-0.2, 0) is 11.3 Å². The minimum absolute atomic E-state index is 0.0206. The summed E-state index contributed by atoms with van der Waals surface area (Å²) < 4.78 is 10.6. The van der Waals surface area contributed by atoms with Crippen LogP contribution in [0.2, 0.25) is 0 Å². The van der Waals surface area contributed by atoms with Crippen LogP contribution in [0.15, 0.2) is 34.9 Å². The highest BCUT2D eigenvalue weighted by atomic mass is 16.5. The van der Waals surface area contributed by atoms with E-state index < -0.39 is 0 Å². The molecule has 24 heavy (non-hydrogen) atoms. The number of hydrogen-bond donors (Lipinski definition) is 0. The van der Waals surface area contributed by atoms with E-state index in [9.17, 15) is 4.79 Å². The molecule has 0 spiro atoms. The van der Waals surface area contributed by atoms with E-state index in [1.807, 2.05) is 44.2 Å². The molecule has 0 saturated carbocycles. The Morgan fingerprint density at radius 1 is 1.25 bits per heavy atom. The van der Waals surface area contributed by atoms with E-state index in [0.717, 1.165) is 5.56 Å². The molecule has 1 aliphatic rings. The first kappa shape index (κ1) is 16.4. The predicted molar refractivity (Wildman–Crippen MR) is 88.2 cm³/mol. The highest BCUT2D eigenvalue weighted by Crippen LogP contribution is 2.17. The zero-order chi connectivity index (χ0) is 16.9. The topological polar surface area (TPSA) is 71.7 Å². The van der Waals surface area contributed by atoms with Gasteiger partial charge in [-0.2, -0.15) is 4.98 Å². The third kappa shape index (κ3) is 3.73. The van der Waals surface area contributed by atoms with Crippen molar-refractivity contribution in [2.45, 2.75) is 26.4 Å². The van der Waals surface area contributed by atoms with E-state index in [-0.39, 0.29) is 12.1 Å². The van der Waals surface area contributed by atoms with Gasteiger partial charge in [-0.1, -0.05) is 35.5 Å². The molecule has 1 aromatic heterocycles. The number of benzene rings is 1. The molecular weight excluding hydrogens is 308 g/mol. The number of urea groups is 1. The fourth-order valence-electron chi connectivity index (χ4n) is 2.58. The third-order valence-electron chi connectivity index (χ3n) is 3.96. The van der Waals surface area contributed by atoms with E-state index in [1.165, 1.54) is 0 Å². The normalized spacial score (nSPS) is 14.9. The Morgan fingerprint density at radius 2 is 1.96 bits per heavy atom. The van der Waals surface area contributed by atoms with Crippen LogP contribution < -0.4 is 0 Å². The van der Waals surface area contributed by atoms with E-state index in [0.29, 0.717) is 44.6 Å². The molecular formula is C17H22N4O3. The second-order valence-electron chi connectivity index (χ2n) is 5.98. The second-order valence-corrected chi connectivity index (χ2v) is 5.98. The Balaban J connectivity index is 1.72. The number of ether oxygens (including phenoxy) is 1. The Hall–Kier alpha value is -2.41. The smallest absolute Gasteiger partial charge is 0.320 e. The third-order valence-corrected chi connectivity index (χ3v) is 3.96. The largest absolute Gasteiger partial charge is 0.378 e. The molecule has 1 aromatic carbocycles. The number of amides is 2. The molecule has 1 saturated heterocycles. The van der Waals surface area contributed by atoms with Crippen LogP contribution in [0.4, 0.5) is 4.79 Å². The summed E-state index contributed by atoms with van der Waals surface area (Å²) in [6.45, 7) is 6.64. The summed E-state index contributed by atoms with van der Waals surface area (Å²) in [5.74, 6) is 0.970. The fourth-order valence-corrected chi connectivity index (χ4v) is 2.58. The minimum Gasteiger partial charge on any atom is -0.378 e. The maximum atomic E-state index is 12.7. The van der Waals surface area contributed by atoms with Gasteiger partial charge in [0.15, 0.2) is 0 Å². The van der Waals surface area contributed by atoms with Gasteiger partial charge in [0.2, 0.25) is 11.7 Å². The molecule has 2 heterocycles. The highest BCUT2D eigenvalue weighted by molar-refractivity contribution is 5.74. The van der Waals surface area contributed by atoms with Crippen LogP contribution in [0.25, 0.3) is 11.4 Å². The second kappa shape index (κ2) is 7.44. The maximum Gasteiger partial charge on any atom is 0.320 e. The molecule has 1 aliphatic heterocycles. The van der Waals surface area contributed by atoms with Gasteiger partial charge in [-0.3, -0.25) is 0 Å². The Labute approximate surface area is 141 Å². The van der Waals surface area contributed by atoms with E-state index in [2.05, 4.69) is 10.1 Å². The quantitative estimate of drug-likeness (QED) is 0.861. The lowest BCUT2D eigenvalue weighted by atomic mass is 10.2.